The SMILES string of the molecule is Cc1ccc2cc3sccc3c3c2c1c1c2c(nc[n+]1C)c1ccccc1n32. The van der Waals surface area contributed by atoms with Crippen LogP contribution in [0.4, 0.5) is 0 Å². The molecule has 0 N–H and O–H groups in total. The van der Waals surface area contributed by atoms with Gasteiger partial charge < -0.3 is 4.40 Å². The lowest BCUT2D eigenvalue weighted by Gasteiger charge is -2.14. The highest BCUT2D eigenvalue weighted by atomic mass is 32.1. The second-order valence-electron chi connectivity index (χ2n) is 7.67. The van der Waals surface area contributed by atoms with Crippen LogP contribution in [-0.2, 0) is 7.05 Å². The van der Waals surface area contributed by atoms with Crippen LogP contribution in [-0.4, -0.2) is 9.38 Å². The van der Waals surface area contributed by atoms with Gasteiger partial charge >= 0.3 is 0 Å². The van der Waals surface area contributed by atoms with E-state index < -0.39 is 0 Å². The molecule has 0 aliphatic rings. The molecule has 7 rings (SSSR count). The smallest absolute Gasteiger partial charge is 0.287 e. The van der Waals surface area contributed by atoms with Crippen LogP contribution >= 0.6 is 11.3 Å². The lowest BCUT2D eigenvalue weighted by atomic mass is 9.97. The van der Waals surface area contributed by atoms with Crippen LogP contribution in [0.5, 0.6) is 0 Å². The number of para-hydroxylation sites is 1. The van der Waals surface area contributed by atoms with Crippen LogP contribution in [0.3, 0.4) is 0 Å². The predicted molar refractivity (Wildman–Crippen MR) is 118 cm³/mol. The second-order valence-corrected chi connectivity index (χ2v) is 8.61. The van der Waals surface area contributed by atoms with Gasteiger partial charge in [0.2, 0.25) is 5.52 Å². The summed E-state index contributed by atoms with van der Waals surface area (Å²) in [7, 11) is 2.11. The zero-order valence-electron chi connectivity index (χ0n) is 15.5. The van der Waals surface area contributed by atoms with E-state index in [4.69, 9.17) is 4.98 Å². The van der Waals surface area contributed by atoms with E-state index in [-0.39, 0.29) is 0 Å². The van der Waals surface area contributed by atoms with Crippen LogP contribution in [0.25, 0.3) is 59.2 Å². The van der Waals surface area contributed by atoms with Crippen molar-refractivity contribution in [3.8, 4) is 0 Å². The van der Waals surface area contributed by atoms with E-state index in [9.17, 15) is 0 Å². The number of fused-ring (bicyclic) bond motifs is 7. The lowest BCUT2D eigenvalue weighted by molar-refractivity contribution is -0.647. The first-order chi connectivity index (χ1) is 13.7. The zero-order chi connectivity index (χ0) is 18.6. The number of rotatable bonds is 0. The molecule has 0 amide bonds. The summed E-state index contributed by atoms with van der Waals surface area (Å²) < 4.78 is 5.97. The Kier molecular flexibility index (Phi) is 2.52. The van der Waals surface area contributed by atoms with Crippen LogP contribution in [0, 0.1) is 6.92 Å². The number of aromatic nitrogens is 3. The first-order valence-corrected chi connectivity index (χ1v) is 10.3. The molecule has 0 fully saturated rings. The number of hydrogen-bond donors (Lipinski definition) is 0. The van der Waals surface area contributed by atoms with Crippen LogP contribution in [0.15, 0.2) is 60.2 Å². The van der Waals surface area contributed by atoms with E-state index in [1.54, 1.807) is 0 Å². The van der Waals surface area contributed by atoms with Gasteiger partial charge in [0, 0.05) is 20.9 Å². The first-order valence-electron chi connectivity index (χ1n) is 9.46. The summed E-state index contributed by atoms with van der Waals surface area (Å²) in [5, 5.41) is 8.73. The zero-order valence-corrected chi connectivity index (χ0v) is 16.3. The fourth-order valence-electron chi connectivity index (χ4n) is 5.01. The molecule has 3 aromatic carbocycles. The Bertz CT molecular complexity index is 1730. The monoisotopic (exact) mass is 378 g/mol. The third-order valence-electron chi connectivity index (χ3n) is 6.17. The average Bonchev–Trinajstić information content (AvgIpc) is 3.31. The van der Waals surface area contributed by atoms with Crippen molar-refractivity contribution >= 4 is 70.6 Å². The summed E-state index contributed by atoms with van der Waals surface area (Å²) in [6, 6.07) is 17.8. The molecule has 4 heteroatoms. The van der Waals surface area contributed by atoms with Gasteiger partial charge in [-0.25, -0.2) is 4.57 Å². The third-order valence-corrected chi connectivity index (χ3v) is 7.03. The Labute approximate surface area is 164 Å². The minimum atomic E-state index is 1.08. The molecule has 0 aliphatic heterocycles. The van der Waals surface area contributed by atoms with E-state index in [1.807, 2.05) is 17.7 Å². The number of nitrogens with zero attached hydrogens (tertiary/aromatic N) is 3. The average molecular weight is 378 g/mol. The van der Waals surface area contributed by atoms with E-state index in [0.29, 0.717) is 0 Å². The maximum atomic E-state index is 4.85. The number of thiophene rings is 1. The second kappa shape index (κ2) is 4.78. The standard InChI is InChI=1S/C24H16N3S/c1-13-7-8-14-11-18-16(9-10-28-18)22-20(14)19(13)23-24-21(25-12-26(23)2)15-5-3-4-6-17(15)27(22)24/h3-12H,1-2H3/q+1. The molecule has 0 spiro atoms. The highest BCUT2D eigenvalue weighted by Crippen LogP contribution is 2.43. The van der Waals surface area contributed by atoms with Crippen molar-refractivity contribution in [2.45, 2.75) is 6.92 Å². The quantitative estimate of drug-likeness (QED) is 0.187. The van der Waals surface area contributed by atoms with Gasteiger partial charge in [-0.1, -0.05) is 24.3 Å². The predicted octanol–water partition coefficient (Wildman–Crippen LogP) is 5.73. The van der Waals surface area contributed by atoms with Gasteiger partial charge in [0.15, 0.2) is 5.52 Å². The summed E-state index contributed by atoms with van der Waals surface area (Å²) in [5.74, 6) is 0. The molecule has 0 saturated heterocycles. The summed E-state index contributed by atoms with van der Waals surface area (Å²) in [5.41, 5.74) is 7.39. The molecule has 3 nitrogen and oxygen atoms in total. The van der Waals surface area contributed by atoms with Crippen LogP contribution < -0.4 is 4.57 Å². The molecule has 132 valence electrons. The highest BCUT2D eigenvalue weighted by molar-refractivity contribution is 7.17. The van der Waals surface area contributed by atoms with E-state index in [1.165, 1.54) is 59.3 Å². The third kappa shape index (κ3) is 1.54. The maximum Gasteiger partial charge on any atom is 0.287 e. The molecule has 0 saturated carbocycles. The topological polar surface area (TPSA) is 21.2 Å². The Morgan fingerprint density at radius 1 is 0.964 bits per heavy atom. The molecular formula is C24H16N3S+. The van der Waals surface area contributed by atoms with Crippen molar-refractivity contribution < 1.29 is 4.57 Å². The molecule has 0 atom stereocenters. The minimum absolute atomic E-state index is 1.08. The van der Waals surface area contributed by atoms with Crippen LogP contribution in [0.2, 0.25) is 0 Å². The van der Waals surface area contributed by atoms with Crippen molar-refractivity contribution in [3.05, 3.63) is 65.8 Å². The van der Waals surface area contributed by atoms with Gasteiger partial charge in [0.05, 0.1) is 23.5 Å². The van der Waals surface area contributed by atoms with Crippen LogP contribution in [0.1, 0.15) is 5.56 Å². The molecule has 0 bridgehead atoms. The summed E-state index contributed by atoms with van der Waals surface area (Å²) in [4.78, 5) is 4.85. The van der Waals surface area contributed by atoms with Gasteiger partial charge in [-0.15, -0.1) is 11.3 Å². The molecular weight excluding hydrogens is 362 g/mol. The molecule has 28 heavy (non-hydrogen) atoms. The maximum absolute atomic E-state index is 4.85. The normalized spacial score (nSPS) is 12.6. The minimum Gasteiger partial charge on any atom is -0.301 e. The molecule has 4 heterocycles. The summed E-state index contributed by atoms with van der Waals surface area (Å²) in [6.07, 6.45) is 1.96. The first kappa shape index (κ1) is 14.8. The molecule has 0 unspecified atom stereocenters. The largest absolute Gasteiger partial charge is 0.301 e. The molecule has 0 aliphatic carbocycles. The number of benzene rings is 3. The van der Waals surface area contributed by atoms with Crippen molar-refractivity contribution in [1.82, 2.24) is 9.38 Å². The van der Waals surface area contributed by atoms with Gasteiger partial charge in [0.1, 0.15) is 5.52 Å². The van der Waals surface area contributed by atoms with E-state index in [0.717, 1.165) is 5.52 Å². The Hall–Kier alpha value is -3.24. The summed E-state index contributed by atoms with van der Waals surface area (Å²) in [6.45, 7) is 2.22. The fraction of sp³-hybridized carbons (Fsp3) is 0.0833. The summed E-state index contributed by atoms with van der Waals surface area (Å²) >= 11 is 1.81. The van der Waals surface area contributed by atoms with Gasteiger partial charge in [-0.2, -0.15) is 0 Å². The van der Waals surface area contributed by atoms with E-state index >= 15 is 0 Å². The molecule has 4 aromatic heterocycles. The molecule has 0 radical (unpaired) electrons. The van der Waals surface area contributed by atoms with Crippen molar-refractivity contribution in [2.24, 2.45) is 7.05 Å². The Morgan fingerprint density at radius 2 is 1.86 bits per heavy atom. The van der Waals surface area contributed by atoms with E-state index in [2.05, 4.69) is 76.9 Å². The van der Waals surface area contributed by atoms with Gasteiger partial charge in [0.25, 0.3) is 6.33 Å². The lowest BCUT2D eigenvalue weighted by Crippen LogP contribution is -2.30. The Morgan fingerprint density at radius 3 is 2.79 bits per heavy atom. The van der Waals surface area contributed by atoms with Crippen molar-refractivity contribution in [3.63, 3.8) is 0 Å². The molecule has 7 aromatic rings. The fourth-order valence-corrected chi connectivity index (χ4v) is 5.85. The Balaban J connectivity index is 2.06. The van der Waals surface area contributed by atoms with Crippen molar-refractivity contribution in [2.75, 3.05) is 0 Å². The van der Waals surface area contributed by atoms with Crippen molar-refractivity contribution in [1.29, 1.82) is 0 Å². The number of aryl methyl sites for hydroxylation is 2. The van der Waals surface area contributed by atoms with Gasteiger partial charge in [-0.3, -0.25) is 0 Å². The number of pyridine rings is 1. The number of hydrogen-bond acceptors (Lipinski definition) is 2. The van der Waals surface area contributed by atoms with Gasteiger partial charge in [-0.05, 0) is 52.5 Å². The highest BCUT2D eigenvalue weighted by Gasteiger charge is 2.26.